The first kappa shape index (κ1) is 15.5. The Morgan fingerprint density at radius 1 is 1.41 bits per heavy atom. The molecule has 0 amide bonds. The van der Waals surface area contributed by atoms with Crippen molar-refractivity contribution >= 4 is 21.1 Å². The van der Waals surface area contributed by atoms with E-state index in [1.165, 1.54) is 11.1 Å². The molecule has 1 unspecified atom stereocenters. The van der Waals surface area contributed by atoms with Gasteiger partial charge < -0.3 is 4.98 Å². The fourth-order valence-electron chi connectivity index (χ4n) is 3.17. The first-order chi connectivity index (χ1) is 10.3. The highest BCUT2D eigenvalue weighted by Gasteiger charge is 2.26. The summed E-state index contributed by atoms with van der Waals surface area (Å²) in [7, 11) is -3.38. The van der Waals surface area contributed by atoms with Gasteiger partial charge >= 0.3 is 0 Å². The third-order valence-corrected chi connectivity index (χ3v) is 5.37. The van der Waals surface area contributed by atoms with Gasteiger partial charge in [-0.15, -0.1) is 0 Å². The molecule has 1 fully saturated rings. The van der Waals surface area contributed by atoms with Crippen molar-refractivity contribution in [2.24, 2.45) is 11.1 Å². The first-order valence-electron chi connectivity index (χ1n) is 7.49. The van der Waals surface area contributed by atoms with E-state index in [2.05, 4.69) is 35.9 Å². The molecule has 0 radical (unpaired) electrons. The van der Waals surface area contributed by atoms with Crippen LogP contribution in [-0.4, -0.2) is 42.1 Å². The molecule has 2 aromatic rings. The lowest BCUT2D eigenvalue weighted by atomic mass is 10.1. The van der Waals surface area contributed by atoms with Gasteiger partial charge in [-0.3, -0.25) is 4.90 Å². The van der Waals surface area contributed by atoms with Crippen molar-refractivity contribution < 1.29 is 8.42 Å². The van der Waals surface area contributed by atoms with Crippen LogP contribution in [-0.2, 0) is 16.6 Å². The number of nitrogens with two attached hydrogens (primary N) is 1. The number of aryl methyl sites for hydroxylation is 2. The average molecular weight is 322 g/mol. The molecule has 6 nitrogen and oxygen atoms in total. The van der Waals surface area contributed by atoms with E-state index >= 15 is 0 Å². The van der Waals surface area contributed by atoms with E-state index < -0.39 is 10.0 Å². The molecule has 3 rings (SSSR count). The highest BCUT2D eigenvalue weighted by Crippen LogP contribution is 2.22. The number of aromatic amines is 1. The van der Waals surface area contributed by atoms with Crippen molar-refractivity contribution in [1.82, 2.24) is 14.9 Å². The number of fused-ring (bicyclic) bond motifs is 1. The van der Waals surface area contributed by atoms with Gasteiger partial charge in [-0.25, -0.2) is 18.5 Å². The Hall–Kier alpha value is -1.44. The first-order valence-corrected chi connectivity index (χ1v) is 9.21. The second kappa shape index (κ2) is 5.64. The molecule has 0 aliphatic carbocycles. The predicted octanol–water partition coefficient (Wildman–Crippen LogP) is 1.29. The summed E-state index contributed by atoms with van der Waals surface area (Å²) in [5.74, 6) is 1.13. The standard InChI is InChI=1S/C15H22N4O2S/c1-10-3-4-13-15(11(10)2)18-14(17-13)8-19-6-5-12(7-19)9-22(16,20)21/h3-4,12H,5-9H2,1-2H3,(H,17,18)(H2,16,20,21). The number of sulfonamides is 1. The van der Waals surface area contributed by atoms with Gasteiger partial charge in [-0.05, 0) is 49.9 Å². The molecule has 1 aliphatic heterocycles. The number of primary sulfonamides is 1. The molecule has 1 aliphatic rings. The predicted molar refractivity (Wildman–Crippen MR) is 86.9 cm³/mol. The second-order valence-electron chi connectivity index (χ2n) is 6.31. The van der Waals surface area contributed by atoms with Crippen LogP contribution in [0.3, 0.4) is 0 Å². The fraction of sp³-hybridized carbons (Fsp3) is 0.533. The van der Waals surface area contributed by atoms with Gasteiger partial charge in [0.05, 0.1) is 23.3 Å². The highest BCUT2D eigenvalue weighted by molar-refractivity contribution is 7.89. The van der Waals surface area contributed by atoms with Crippen molar-refractivity contribution in [1.29, 1.82) is 0 Å². The van der Waals surface area contributed by atoms with E-state index in [0.29, 0.717) is 6.54 Å². The number of likely N-dealkylation sites (tertiary alicyclic amines) is 1. The fourth-order valence-corrected chi connectivity index (χ4v) is 4.10. The van der Waals surface area contributed by atoms with Crippen LogP contribution >= 0.6 is 0 Å². The van der Waals surface area contributed by atoms with Crippen LogP contribution in [0.5, 0.6) is 0 Å². The van der Waals surface area contributed by atoms with Crippen molar-refractivity contribution in [2.45, 2.75) is 26.8 Å². The number of imidazole rings is 1. The van der Waals surface area contributed by atoms with Crippen molar-refractivity contribution in [3.05, 3.63) is 29.1 Å². The topological polar surface area (TPSA) is 92.1 Å². The van der Waals surface area contributed by atoms with E-state index in [4.69, 9.17) is 10.1 Å². The number of rotatable bonds is 4. The molecule has 7 heteroatoms. The summed E-state index contributed by atoms with van der Waals surface area (Å²) in [5.41, 5.74) is 4.52. The lowest BCUT2D eigenvalue weighted by Gasteiger charge is -2.13. The summed E-state index contributed by atoms with van der Waals surface area (Å²) >= 11 is 0. The minimum absolute atomic E-state index is 0.0714. The smallest absolute Gasteiger partial charge is 0.209 e. The molecule has 3 N–H and O–H groups in total. The highest BCUT2D eigenvalue weighted by atomic mass is 32.2. The number of hydrogen-bond donors (Lipinski definition) is 2. The molecule has 1 saturated heterocycles. The van der Waals surface area contributed by atoms with Gasteiger partial charge in [0.2, 0.25) is 10.0 Å². The van der Waals surface area contributed by atoms with Crippen molar-refractivity contribution in [3.63, 3.8) is 0 Å². The number of nitrogens with one attached hydrogen (secondary N) is 1. The third kappa shape index (κ3) is 3.31. The molecular formula is C15H22N4O2S. The van der Waals surface area contributed by atoms with Crippen LogP contribution in [0.25, 0.3) is 11.0 Å². The zero-order chi connectivity index (χ0) is 15.9. The average Bonchev–Trinajstić information content (AvgIpc) is 3.00. The molecule has 120 valence electrons. The molecule has 1 aromatic heterocycles. The molecule has 1 atom stereocenters. The molecule has 1 aromatic carbocycles. The van der Waals surface area contributed by atoms with Crippen LogP contribution in [0.15, 0.2) is 12.1 Å². The third-order valence-electron chi connectivity index (χ3n) is 4.44. The lowest BCUT2D eigenvalue weighted by Crippen LogP contribution is -2.26. The van der Waals surface area contributed by atoms with Gasteiger partial charge in [0.15, 0.2) is 0 Å². The number of benzene rings is 1. The minimum atomic E-state index is -3.38. The van der Waals surface area contributed by atoms with E-state index in [1.807, 2.05) is 0 Å². The van der Waals surface area contributed by atoms with E-state index in [0.717, 1.165) is 36.4 Å². The molecule has 2 heterocycles. The summed E-state index contributed by atoms with van der Waals surface area (Å²) in [6, 6.07) is 4.15. The summed E-state index contributed by atoms with van der Waals surface area (Å²) in [6.07, 6.45) is 0.870. The number of hydrogen-bond acceptors (Lipinski definition) is 4. The molecule has 0 spiro atoms. The van der Waals surface area contributed by atoms with Gasteiger partial charge in [0.1, 0.15) is 5.82 Å². The van der Waals surface area contributed by atoms with Crippen molar-refractivity contribution in [3.8, 4) is 0 Å². The lowest BCUT2D eigenvalue weighted by molar-refractivity contribution is 0.313. The van der Waals surface area contributed by atoms with Crippen LogP contribution < -0.4 is 5.14 Å². The number of aromatic nitrogens is 2. The van der Waals surface area contributed by atoms with Gasteiger partial charge in [-0.2, -0.15) is 0 Å². The van der Waals surface area contributed by atoms with Crippen LogP contribution in [0.2, 0.25) is 0 Å². The molecule has 0 bridgehead atoms. The Labute approximate surface area is 130 Å². The Kier molecular flexibility index (Phi) is 3.96. The second-order valence-corrected chi connectivity index (χ2v) is 7.97. The van der Waals surface area contributed by atoms with E-state index in [1.54, 1.807) is 0 Å². The van der Waals surface area contributed by atoms with Gasteiger partial charge in [0, 0.05) is 6.54 Å². The van der Waals surface area contributed by atoms with Gasteiger partial charge in [-0.1, -0.05) is 6.07 Å². The summed E-state index contributed by atoms with van der Waals surface area (Å²) < 4.78 is 22.4. The van der Waals surface area contributed by atoms with Gasteiger partial charge in [0.25, 0.3) is 0 Å². The zero-order valence-electron chi connectivity index (χ0n) is 13.0. The van der Waals surface area contributed by atoms with E-state index in [-0.39, 0.29) is 11.7 Å². The Bertz CT molecular complexity index is 797. The maximum absolute atomic E-state index is 11.2. The Morgan fingerprint density at radius 2 is 2.18 bits per heavy atom. The summed E-state index contributed by atoms with van der Waals surface area (Å²) in [6.45, 7) is 6.52. The quantitative estimate of drug-likeness (QED) is 0.887. The Morgan fingerprint density at radius 3 is 2.91 bits per heavy atom. The van der Waals surface area contributed by atoms with Crippen LogP contribution in [0.4, 0.5) is 0 Å². The minimum Gasteiger partial charge on any atom is -0.341 e. The van der Waals surface area contributed by atoms with Crippen LogP contribution in [0.1, 0.15) is 23.4 Å². The van der Waals surface area contributed by atoms with E-state index in [9.17, 15) is 8.42 Å². The molecular weight excluding hydrogens is 300 g/mol. The largest absolute Gasteiger partial charge is 0.341 e. The SMILES string of the molecule is Cc1ccc2[nH]c(CN3CCC(CS(N)(=O)=O)C3)nc2c1C. The Balaban J connectivity index is 1.71. The van der Waals surface area contributed by atoms with Crippen molar-refractivity contribution in [2.75, 3.05) is 18.8 Å². The van der Waals surface area contributed by atoms with Crippen LogP contribution in [0, 0.1) is 19.8 Å². The number of nitrogens with zero attached hydrogens (tertiary/aromatic N) is 2. The molecule has 0 saturated carbocycles. The molecule has 22 heavy (non-hydrogen) atoms. The summed E-state index contributed by atoms with van der Waals surface area (Å²) in [4.78, 5) is 10.3. The normalized spacial score (nSPS) is 20.0. The zero-order valence-corrected chi connectivity index (χ0v) is 13.8. The maximum atomic E-state index is 11.2. The summed E-state index contributed by atoms with van der Waals surface area (Å²) in [5, 5.41) is 5.13. The maximum Gasteiger partial charge on any atom is 0.209 e. The monoisotopic (exact) mass is 322 g/mol. The number of H-pyrrole nitrogens is 1.